The average Bonchev–Trinajstić information content (AvgIpc) is 3.22. The quantitative estimate of drug-likeness (QED) is 0.107. The summed E-state index contributed by atoms with van der Waals surface area (Å²) in [6.07, 6.45) is 11.6. The van der Waals surface area contributed by atoms with Gasteiger partial charge in [0.25, 0.3) is 0 Å². The molecule has 8 heteroatoms. The molecule has 8 aromatic rings. The number of ether oxygens (including phenoxy) is 4. The van der Waals surface area contributed by atoms with Crippen molar-refractivity contribution in [2.75, 3.05) is 13.2 Å². The monoisotopic (exact) mass is 796 g/mol. The van der Waals surface area contributed by atoms with E-state index in [9.17, 15) is 9.59 Å². The number of unbranched alkanes of at least 4 members (excludes halogenated alkanes) is 3. The number of hydrogen-bond acceptors (Lipinski definition) is 6. The molecular weight excluding hydrogens is 749 g/mol. The van der Waals surface area contributed by atoms with Crippen molar-refractivity contribution in [3.05, 3.63) is 129 Å². The summed E-state index contributed by atoms with van der Waals surface area (Å²) >= 11 is 0. The minimum atomic E-state index is -0.492. The van der Waals surface area contributed by atoms with Gasteiger partial charge >= 0.3 is 0 Å². The van der Waals surface area contributed by atoms with Crippen molar-refractivity contribution in [2.24, 2.45) is 14.1 Å². The Bertz CT molecular complexity index is 3070. The van der Waals surface area contributed by atoms with Crippen molar-refractivity contribution in [1.82, 2.24) is 9.13 Å². The summed E-state index contributed by atoms with van der Waals surface area (Å²) in [6.45, 7) is 8.98. The molecule has 2 aliphatic heterocycles. The molecule has 0 saturated heterocycles. The van der Waals surface area contributed by atoms with Crippen LogP contribution in [-0.4, -0.2) is 33.6 Å². The van der Waals surface area contributed by atoms with Crippen molar-refractivity contribution in [3.8, 4) is 23.0 Å². The highest BCUT2D eigenvalue weighted by molar-refractivity contribution is 6.07. The number of aromatic nitrogens is 2. The molecule has 0 spiro atoms. The molecule has 0 fully saturated rings. The van der Waals surface area contributed by atoms with E-state index in [1.54, 1.807) is 0 Å². The van der Waals surface area contributed by atoms with Gasteiger partial charge in [-0.1, -0.05) is 48.5 Å². The van der Waals surface area contributed by atoms with Gasteiger partial charge in [0, 0.05) is 48.1 Å². The van der Waals surface area contributed by atoms with E-state index >= 15 is 0 Å². The number of aryl methyl sites for hydroxylation is 2. The topological polar surface area (TPSA) is 80.9 Å². The summed E-state index contributed by atoms with van der Waals surface area (Å²) in [5.74, 6) is 2.48. The highest BCUT2D eigenvalue weighted by Crippen LogP contribution is 2.43. The molecule has 302 valence electrons. The lowest BCUT2D eigenvalue weighted by Crippen LogP contribution is -2.28. The zero-order chi connectivity index (χ0) is 41.5. The van der Waals surface area contributed by atoms with E-state index in [1.807, 2.05) is 115 Å². The van der Waals surface area contributed by atoms with Crippen LogP contribution in [-0.2, 0) is 14.1 Å². The van der Waals surface area contributed by atoms with Crippen LogP contribution in [0.3, 0.4) is 0 Å². The lowest BCUT2D eigenvalue weighted by atomic mass is 9.97. The van der Waals surface area contributed by atoms with Gasteiger partial charge in [-0.25, -0.2) is 0 Å². The zero-order valence-electron chi connectivity index (χ0n) is 35.0. The number of pyridine rings is 2. The molecule has 0 amide bonds. The molecule has 0 N–H and O–H groups in total. The second-order valence-electron chi connectivity index (χ2n) is 17.4. The maximum atomic E-state index is 14.4. The van der Waals surface area contributed by atoms with Crippen molar-refractivity contribution >= 4 is 77.3 Å². The first-order valence-corrected chi connectivity index (χ1v) is 20.9. The number of nitrogens with zero attached hydrogens (tertiary/aromatic N) is 2. The van der Waals surface area contributed by atoms with E-state index in [4.69, 9.17) is 18.9 Å². The van der Waals surface area contributed by atoms with Crippen LogP contribution in [0.4, 0.5) is 0 Å². The fraction of sp³-hybridized carbons (Fsp3) is 0.269. The second kappa shape index (κ2) is 14.0. The van der Waals surface area contributed by atoms with Crippen LogP contribution in [0.25, 0.3) is 77.3 Å². The van der Waals surface area contributed by atoms with Crippen molar-refractivity contribution < 1.29 is 18.9 Å². The molecule has 0 unspecified atom stereocenters. The molecular formula is C52H48N2O6. The molecule has 0 bridgehead atoms. The molecule has 0 aliphatic carbocycles. The highest BCUT2D eigenvalue weighted by Gasteiger charge is 2.29. The molecule has 2 aliphatic rings. The van der Waals surface area contributed by atoms with E-state index in [2.05, 4.69) is 45.6 Å². The van der Waals surface area contributed by atoms with Gasteiger partial charge in [0.15, 0.2) is 0 Å². The van der Waals surface area contributed by atoms with Gasteiger partial charge in [0.1, 0.15) is 34.2 Å². The van der Waals surface area contributed by atoms with E-state index < -0.39 is 11.2 Å². The minimum absolute atomic E-state index is 0.0482. The SMILES string of the molecule is Cn1c2cc3ccccc3cc2c(=O)c2c(OCCCCCCOc3cc4c(c5c3c(=O)c3cc6ccccc6cc3n5C)C=CC(C)(C)O4)cc3c(c21)C=CC(C)(C)O3. The van der Waals surface area contributed by atoms with Crippen molar-refractivity contribution in [1.29, 1.82) is 0 Å². The van der Waals surface area contributed by atoms with Gasteiger partial charge in [0.05, 0.1) is 46.1 Å². The minimum Gasteiger partial charge on any atom is -0.493 e. The van der Waals surface area contributed by atoms with Crippen LogP contribution >= 0.6 is 0 Å². The number of rotatable bonds is 9. The smallest absolute Gasteiger partial charge is 0.201 e. The van der Waals surface area contributed by atoms with E-state index in [-0.39, 0.29) is 10.9 Å². The molecule has 4 heterocycles. The van der Waals surface area contributed by atoms with Gasteiger partial charge in [-0.05, 0) is 123 Å². The first-order valence-electron chi connectivity index (χ1n) is 20.9. The van der Waals surface area contributed by atoms with Gasteiger partial charge in [-0.2, -0.15) is 0 Å². The van der Waals surface area contributed by atoms with Gasteiger partial charge < -0.3 is 28.1 Å². The molecule has 10 rings (SSSR count). The molecule has 2 aromatic heterocycles. The van der Waals surface area contributed by atoms with Crippen LogP contribution in [0.1, 0.15) is 64.5 Å². The lowest BCUT2D eigenvalue weighted by molar-refractivity contribution is 0.158. The predicted molar refractivity (Wildman–Crippen MR) is 245 cm³/mol. The molecule has 60 heavy (non-hydrogen) atoms. The third kappa shape index (κ3) is 6.28. The Morgan fingerprint density at radius 1 is 0.533 bits per heavy atom. The summed E-state index contributed by atoms with van der Waals surface area (Å²) < 4.78 is 30.1. The Kier molecular flexibility index (Phi) is 8.83. The maximum Gasteiger partial charge on any atom is 0.201 e. The summed E-state index contributed by atoms with van der Waals surface area (Å²) in [6, 6.07) is 28.2. The Morgan fingerprint density at radius 3 is 1.32 bits per heavy atom. The first-order chi connectivity index (χ1) is 28.9. The van der Waals surface area contributed by atoms with Crippen LogP contribution in [0.2, 0.25) is 0 Å². The maximum absolute atomic E-state index is 14.4. The standard InChI is InChI=1S/C52H48N2O6/c1-51(2)21-19-35-41(59-51)29-43(45-47(35)53(5)39-27-33-17-11-9-15-31(33)25-37(39)49(45)55)57-23-13-7-8-14-24-58-44-30-42-36(20-22-52(3,4)60-42)48-46(44)50(56)38-26-32-16-10-12-18-34(32)28-40(38)54(48)6/h9-12,15-22,25-30H,7-8,13-14,23-24H2,1-6H3. The molecule has 8 nitrogen and oxygen atoms in total. The predicted octanol–water partition coefficient (Wildman–Crippen LogP) is 11.4. The fourth-order valence-electron chi connectivity index (χ4n) is 9.14. The number of hydrogen-bond donors (Lipinski definition) is 0. The van der Waals surface area contributed by atoms with Gasteiger partial charge in [0.2, 0.25) is 10.9 Å². The summed E-state index contributed by atoms with van der Waals surface area (Å²) in [7, 11) is 4.02. The van der Waals surface area contributed by atoms with Crippen molar-refractivity contribution in [2.45, 2.75) is 64.6 Å². The molecule has 0 atom stereocenters. The number of benzene rings is 6. The third-order valence-corrected chi connectivity index (χ3v) is 12.2. The number of fused-ring (bicyclic) bond motifs is 10. The Labute approximate surface area is 347 Å². The van der Waals surface area contributed by atoms with Crippen LogP contribution in [0.15, 0.2) is 107 Å². The Balaban J connectivity index is 0.889. The van der Waals surface area contributed by atoms with Crippen LogP contribution < -0.4 is 29.8 Å². The van der Waals surface area contributed by atoms with Gasteiger partial charge in [-0.15, -0.1) is 0 Å². The van der Waals surface area contributed by atoms with Crippen molar-refractivity contribution in [3.63, 3.8) is 0 Å². The summed E-state index contributed by atoms with van der Waals surface area (Å²) in [5, 5.41) is 6.65. The first kappa shape index (κ1) is 37.7. The largest absolute Gasteiger partial charge is 0.493 e. The van der Waals surface area contributed by atoms with E-state index in [0.717, 1.165) is 80.4 Å². The molecule has 0 saturated carbocycles. The Hall–Kier alpha value is -6.54. The molecule has 0 radical (unpaired) electrons. The average molecular weight is 797 g/mol. The van der Waals surface area contributed by atoms with E-state index in [0.29, 0.717) is 57.8 Å². The third-order valence-electron chi connectivity index (χ3n) is 12.2. The normalized spacial score (nSPS) is 15.1. The van der Waals surface area contributed by atoms with Gasteiger partial charge in [-0.3, -0.25) is 9.59 Å². The van der Waals surface area contributed by atoms with Crippen LogP contribution in [0.5, 0.6) is 23.0 Å². The second-order valence-corrected chi connectivity index (χ2v) is 17.4. The van der Waals surface area contributed by atoms with E-state index in [1.165, 1.54) is 0 Å². The Morgan fingerprint density at radius 2 is 0.917 bits per heavy atom. The fourth-order valence-corrected chi connectivity index (χ4v) is 9.14. The summed E-state index contributed by atoms with van der Waals surface area (Å²) in [5.41, 5.74) is 4.01. The highest BCUT2D eigenvalue weighted by atomic mass is 16.5. The van der Waals surface area contributed by atoms with Crippen LogP contribution in [0, 0.1) is 0 Å². The lowest BCUT2D eigenvalue weighted by Gasteiger charge is -2.29. The summed E-state index contributed by atoms with van der Waals surface area (Å²) in [4.78, 5) is 28.8. The zero-order valence-corrected chi connectivity index (χ0v) is 35.0. The molecule has 6 aromatic carbocycles.